The first kappa shape index (κ1) is 24.3. The standard InChI is InChI=1S/C29H24FN9/c1-36-19-25(18-34-36)23-13-26(29-24(14-31)17-35-39(29)20-23)22-5-7-28(33-16-22)38-11-9-37(10-12-38)8-2-3-21-4-6-27(30)32-15-21/h4-7,13,15-20H,8-12H2,1H3. The Hall–Kier alpha value is -5.06. The lowest BCUT2D eigenvalue weighted by molar-refractivity contribution is 0.287. The number of pyridine rings is 3. The molecule has 9 nitrogen and oxygen atoms in total. The third kappa shape index (κ3) is 5.06. The van der Waals surface area contributed by atoms with Gasteiger partial charge in [-0.2, -0.15) is 19.8 Å². The zero-order valence-electron chi connectivity index (χ0n) is 21.3. The maximum atomic E-state index is 12.9. The van der Waals surface area contributed by atoms with E-state index in [1.165, 1.54) is 12.3 Å². The fraction of sp³-hybridized carbons (Fsp3) is 0.207. The largest absolute Gasteiger partial charge is 0.354 e. The van der Waals surface area contributed by atoms with Crippen LogP contribution in [0.5, 0.6) is 0 Å². The van der Waals surface area contributed by atoms with E-state index >= 15 is 0 Å². The Morgan fingerprint density at radius 2 is 1.77 bits per heavy atom. The van der Waals surface area contributed by atoms with Crippen molar-refractivity contribution >= 4 is 11.3 Å². The lowest BCUT2D eigenvalue weighted by atomic mass is 10.0. The molecule has 192 valence electrons. The van der Waals surface area contributed by atoms with Crippen molar-refractivity contribution in [2.75, 3.05) is 37.6 Å². The minimum absolute atomic E-state index is 0.501. The van der Waals surface area contributed by atoms with Crippen LogP contribution in [-0.4, -0.2) is 67.0 Å². The summed E-state index contributed by atoms with van der Waals surface area (Å²) in [6.45, 7) is 4.07. The van der Waals surface area contributed by atoms with Gasteiger partial charge in [-0.3, -0.25) is 9.58 Å². The summed E-state index contributed by atoms with van der Waals surface area (Å²) in [6, 6.07) is 11.4. The molecule has 1 aliphatic rings. The predicted octanol–water partition coefficient (Wildman–Crippen LogP) is 3.38. The van der Waals surface area contributed by atoms with Gasteiger partial charge in [-0.05, 0) is 30.3 Å². The summed E-state index contributed by atoms with van der Waals surface area (Å²) in [4.78, 5) is 13.0. The van der Waals surface area contributed by atoms with Crippen molar-refractivity contribution in [1.29, 1.82) is 5.26 Å². The first-order chi connectivity index (χ1) is 19.1. The van der Waals surface area contributed by atoms with Gasteiger partial charge in [0.15, 0.2) is 0 Å². The highest BCUT2D eigenvalue weighted by atomic mass is 19.1. The zero-order valence-corrected chi connectivity index (χ0v) is 21.3. The van der Waals surface area contributed by atoms with E-state index in [0.29, 0.717) is 17.7 Å². The number of anilines is 1. The Labute approximate surface area is 224 Å². The average Bonchev–Trinajstić information content (AvgIpc) is 3.60. The van der Waals surface area contributed by atoms with Crippen LogP contribution in [0.15, 0.2) is 67.5 Å². The van der Waals surface area contributed by atoms with E-state index in [0.717, 1.165) is 59.8 Å². The Morgan fingerprint density at radius 1 is 0.897 bits per heavy atom. The van der Waals surface area contributed by atoms with Crippen LogP contribution in [0.4, 0.5) is 10.2 Å². The van der Waals surface area contributed by atoms with E-state index in [2.05, 4.69) is 49.0 Å². The van der Waals surface area contributed by atoms with Crippen molar-refractivity contribution in [2.24, 2.45) is 7.05 Å². The summed E-state index contributed by atoms with van der Waals surface area (Å²) in [7, 11) is 1.88. The van der Waals surface area contributed by atoms with Gasteiger partial charge in [-0.15, -0.1) is 0 Å². The smallest absolute Gasteiger partial charge is 0.212 e. The van der Waals surface area contributed by atoms with E-state index in [1.54, 1.807) is 21.5 Å². The van der Waals surface area contributed by atoms with E-state index < -0.39 is 5.95 Å². The summed E-state index contributed by atoms with van der Waals surface area (Å²) >= 11 is 0. The number of nitrogens with zero attached hydrogens (tertiary/aromatic N) is 9. The SMILES string of the molecule is Cn1cc(-c2cc(-c3ccc(N4CCN(CC#Cc5ccc(F)nc5)CC4)nc3)c3c(C#N)cnn3c2)cn1. The molecule has 0 saturated carbocycles. The van der Waals surface area contributed by atoms with Crippen molar-refractivity contribution < 1.29 is 4.39 Å². The van der Waals surface area contributed by atoms with Crippen molar-refractivity contribution in [3.05, 3.63) is 84.6 Å². The fourth-order valence-electron chi connectivity index (χ4n) is 4.72. The number of hydrogen-bond acceptors (Lipinski definition) is 7. The molecule has 5 aromatic rings. The Morgan fingerprint density at radius 3 is 2.46 bits per heavy atom. The van der Waals surface area contributed by atoms with Gasteiger partial charge in [0.2, 0.25) is 5.95 Å². The zero-order chi connectivity index (χ0) is 26.8. The van der Waals surface area contributed by atoms with Gasteiger partial charge >= 0.3 is 0 Å². The minimum Gasteiger partial charge on any atom is -0.354 e. The van der Waals surface area contributed by atoms with Gasteiger partial charge in [-0.25, -0.2) is 14.5 Å². The van der Waals surface area contributed by atoms with E-state index in [4.69, 9.17) is 4.98 Å². The normalized spacial score (nSPS) is 13.7. The van der Waals surface area contributed by atoms with Crippen molar-refractivity contribution in [3.8, 4) is 40.2 Å². The summed E-state index contributed by atoms with van der Waals surface area (Å²) in [6.07, 6.45) is 10.6. The van der Waals surface area contributed by atoms with Crippen LogP contribution in [0, 0.1) is 29.1 Å². The van der Waals surface area contributed by atoms with Crippen LogP contribution in [0.2, 0.25) is 0 Å². The lowest BCUT2D eigenvalue weighted by Crippen LogP contribution is -2.46. The van der Waals surface area contributed by atoms with E-state index in [1.807, 2.05) is 44.0 Å². The number of aryl methyl sites for hydroxylation is 1. The molecule has 1 saturated heterocycles. The molecule has 0 unspecified atom stereocenters. The predicted molar refractivity (Wildman–Crippen MR) is 145 cm³/mol. The summed E-state index contributed by atoms with van der Waals surface area (Å²) in [5.41, 5.74) is 5.71. The molecule has 0 aromatic carbocycles. The molecule has 0 N–H and O–H groups in total. The van der Waals surface area contributed by atoms with Gasteiger partial charge in [0.1, 0.15) is 11.9 Å². The van der Waals surface area contributed by atoms with Crippen molar-refractivity contribution in [1.82, 2.24) is 34.3 Å². The number of nitriles is 1. The van der Waals surface area contributed by atoms with Crippen LogP contribution in [-0.2, 0) is 7.05 Å². The average molecular weight is 518 g/mol. The number of aromatic nitrogens is 6. The lowest BCUT2D eigenvalue weighted by Gasteiger charge is -2.34. The highest BCUT2D eigenvalue weighted by Crippen LogP contribution is 2.32. The molecule has 6 rings (SSSR count). The van der Waals surface area contributed by atoms with Crippen LogP contribution in [0.25, 0.3) is 27.8 Å². The molecule has 1 aliphatic heterocycles. The van der Waals surface area contributed by atoms with Gasteiger partial charge in [0.25, 0.3) is 0 Å². The molecule has 10 heteroatoms. The summed E-state index contributed by atoms with van der Waals surface area (Å²) in [5.74, 6) is 6.61. The Bertz CT molecular complexity index is 1730. The van der Waals surface area contributed by atoms with E-state index in [9.17, 15) is 9.65 Å². The number of rotatable bonds is 4. The molecule has 5 aromatic heterocycles. The minimum atomic E-state index is -0.501. The highest BCUT2D eigenvalue weighted by Gasteiger charge is 2.19. The maximum Gasteiger partial charge on any atom is 0.212 e. The third-order valence-corrected chi connectivity index (χ3v) is 6.79. The van der Waals surface area contributed by atoms with Crippen LogP contribution in [0.3, 0.4) is 0 Å². The second-order valence-corrected chi connectivity index (χ2v) is 9.35. The van der Waals surface area contributed by atoms with Crippen LogP contribution in [0.1, 0.15) is 11.1 Å². The first-order valence-electron chi connectivity index (χ1n) is 12.5. The molecule has 0 spiro atoms. The second kappa shape index (κ2) is 10.4. The molecule has 39 heavy (non-hydrogen) atoms. The second-order valence-electron chi connectivity index (χ2n) is 9.35. The number of halogens is 1. The molecule has 0 amide bonds. The van der Waals surface area contributed by atoms with Gasteiger partial charge in [0.05, 0.1) is 30.0 Å². The quantitative estimate of drug-likeness (QED) is 0.267. The fourth-order valence-corrected chi connectivity index (χ4v) is 4.72. The van der Waals surface area contributed by atoms with Crippen molar-refractivity contribution in [3.63, 3.8) is 0 Å². The molecular weight excluding hydrogens is 493 g/mol. The van der Waals surface area contributed by atoms with Crippen LogP contribution < -0.4 is 4.90 Å². The van der Waals surface area contributed by atoms with E-state index in [-0.39, 0.29) is 0 Å². The number of piperazine rings is 1. The Kier molecular flexibility index (Phi) is 6.45. The van der Waals surface area contributed by atoms with Gasteiger partial charge < -0.3 is 4.90 Å². The topological polar surface area (TPSA) is 91.2 Å². The molecule has 6 heterocycles. The van der Waals surface area contributed by atoms with Gasteiger partial charge in [0, 0.05) is 85.8 Å². The summed E-state index contributed by atoms with van der Waals surface area (Å²) in [5, 5.41) is 18.4. The van der Waals surface area contributed by atoms with Crippen LogP contribution >= 0.6 is 0 Å². The molecular formula is C29H24FN9. The van der Waals surface area contributed by atoms with Gasteiger partial charge in [-0.1, -0.05) is 11.8 Å². The number of fused-ring (bicyclic) bond motifs is 1. The monoisotopic (exact) mass is 517 g/mol. The molecule has 0 bridgehead atoms. The molecule has 0 radical (unpaired) electrons. The van der Waals surface area contributed by atoms with Crippen molar-refractivity contribution in [2.45, 2.75) is 0 Å². The first-order valence-corrected chi connectivity index (χ1v) is 12.5. The maximum absolute atomic E-state index is 12.9. The molecule has 1 fully saturated rings. The third-order valence-electron chi connectivity index (χ3n) is 6.79. The Balaban J connectivity index is 1.18. The summed E-state index contributed by atoms with van der Waals surface area (Å²) < 4.78 is 16.5. The number of hydrogen-bond donors (Lipinski definition) is 0. The molecule has 0 atom stereocenters. The highest BCUT2D eigenvalue weighted by molar-refractivity contribution is 5.87. The molecule has 0 aliphatic carbocycles.